The summed E-state index contributed by atoms with van der Waals surface area (Å²) >= 11 is 0. The topological polar surface area (TPSA) is 111 Å². The number of pyridine rings is 3. The van der Waals surface area contributed by atoms with Crippen molar-refractivity contribution in [3.05, 3.63) is 62.3 Å². The van der Waals surface area contributed by atoms with Crippen molar-refractivity contribution in [3.63, 3.8) is 0 Å². The monoisotopic (exact) mass is 326 g/mol. The van der Waals surface area contributed by atoms with E-state index in [2.05, 4.69) is 9.97 Å². The molecule has 0 atom stereocenters. The van der Waals surface area contributed by atoms with Crippen molar-refractivity contribution in [1.82, 2.24) is 14.5 Å². The molecular formula is C16H14N4O4. The lowest BCUT2D eigenvalue weighted by molar-refractivity contribution is -0.387. The Morgan fingerprint density at radius 2 is 2.08 bits per heavy atom. The minimum atomic E-state index is -0.943. The summed E-state index contributed by atoms with van der Waals surface area (Å²) < 4.78 is 1.13. The highest BCUT2D eigenvalue weighted by Crippen LogP contribution is 2.32. The predicted octanol–water partition coefficient (Wildman–Crippen LogP) is 2.27. The van der Waals surface area contributed by atoms with Crippen molar-refractivity contribution < 1.29 is 10.0 Å². The van der Waals surface area contributed by atoms with Gasteiger partial charge in [0.25, 0.3) is 0 Å². The highest BCUT2D eigenvalue weighted by Gasteiger charge is 2.27. The van der Waals surface area contributed by atoms with Crippen molar-refractivity contribution in [2.75, 3.05) is 0 Å². The van der Waals surface area contributed by atoms with Gasteiger partial charge in [-0.3, -0.25) is 24.5 Å². The largest absolute Gasteiger partial charge is 0.501 e. The number of nitro groups is 1. The van der Waals surface area contributed by atoms with Crippen LogP contribution in [0.2, 0.25) is 0 Å². The van der Waals surface area contributed by atoms with E-state index in [1.165, 1.54) is 6.07 Å². The van der Waals surface area contributed by atoms with Crippen molar-refractivity contribution in [2.45, 2.75) is 20.3 Å². The molecule has 0 radical (unpaired) electrons. The molecule has 0 unspecified atom stereocenters. The van der Waals surface area contributed by atoms with Gasteiger partial charge in [0.2, 0.25) is 5.75 Å². The Kier molecular flexibility index (Phi) is 3.72. The zero-order valence-electron chi connectivity index (χ0n) is 13.1. The van der Waals surface area contributed by atoms with E-state index in [1.807, 2.05) is 6.92 Å². The number of aromatic nitrogens is 3. The fourth-order valence-electron chi connectivity index (χ4n) is 2.57. The minimum absolute atomic E-state index is 0.141. The molecule has 0 fully saturated rings. The van der Waals surface area contributed by atoms with E-state index >= 15 is 0 Å². The molecule has 0 saturated heterocycles. The predicted molar refractivity (Wildman–Crippen MR) is 87.6 cm³/mol. The smallest absolute Gasteiger partial charge is 0.376 e. The molecule has 0 amide bonds. The van der Waals surface area contributed by atoms with Crippen LogP contribution in [0.3, 0.4) is 0 Å². The van der Waals surface area contributed by atoms with Crippen LogP contribution in [0.4, 0.5) is 5.69 Å². The molecule has 0 aliphatic rings. The van der Waals surface area contributed by atoms with Crippen LogP contribution in [0.1, 0.15) is 18.3 Å². The summed E-state index contributed by atoms with van der Waals surface area (Å²) in [4.78, 5) is 31.6. The van der Waals surface area contributed by atoms with Crippen LogP contribution in [-0.2, 0) is 6.42 Å². The lowest BCUT2D eigenvalue weighted by Crippen LogP contribution is -2.23. The molecule has 8 heteroatoms. The molecule has 1 N–H and O–H groups in total. The third-order valence-corrected chi connectivity index (χ3v) is 3.79. The number of hydrogen-bond acceptors (Lipinski definition) is 6. The van der Waals surface area contributed by atoms with Crippen LogP contribution in [0, 0.1) is 17.0 Å². The lowest BCUT2D eigenvalue weighted by Gasteiger charge is -2.13. The van der Waals surface area contributed by atoms with Gasteiger partial charge < -0.3 is 5.11 Å². The number of hydrogen-bond donors (Lipinski definition) is 1. The molecular weight excluding hydrogens is 312 g/mol. The lowest BCUT2D eigenvalue weighted by atomic mass is 10.2. The number of aryl methyl sites for hydroxylation is 2. The highest BCUT2D eigenvalue weighted by molar-refractivity contribution is 5.87. The van der Waals surface area contributed by atoms with Gasteiger partial charge in [-0.2, -0.15) is 0 Å². The molecule has 0 bridgehead atoms. The SMILES string of the molecule is CCc1ccc2c(O)c([N+](=O)[O-])c(=O)n(-c3cccnc3C)c2n1. The molecule has 0 aliphatic carbocycles. The maximum atomic E-state index is 12.7. The van der Waals surface area contributed by atoms with Gasteiger partial charge in [-0.05, 0) is 37.6 Å². The number of fused-ring (bicyclic) bond motifs is 1. The average molecular weight is 326 g/mol. The minimum Gasteiger partial charge on any atom is -0.501 e. The normalized spacial score (nSPS) is 10.9. The second kappa shape index (κ2) is 5.73. The van der Waals surface area contributed by atoms with Gasteiger partial charge in [0.1, 0.15) is 0 Å². The Balaban J connectivity index is 2.57. The van der Waals surface area contributed by atoms with E-state index in [0.717, 1.165) is 4.57 Å². The Bertz CT molecular complexity index is 1030. The van der Waals surface area contributed by atoms with Gasteiger partial charge in [-0.25, -0.2) is 4.98 Å². The first-order chi connectivity index (χ1) is 11.5. The first-order valence-corrected chi connectivity index (χ1v) is 7.29. The van der Waals surface area contributed by atoms with Gasteiger partial charge in [-0.15, -0.1) is 0 Å². The summed E-state index contributed by atoms with van der Waals surface area (Å²) in [5.41, 5.74) is -0.0522. The van der Waals surface area contributed by atoms with E-state index < -0.39 is 21.9 Å². The van der Waals surface area contributed by atoms with Crippen LogP contribution in [0.5, 0.6) is 5.75 Å². The molecule has 3 rings (SSSR count). The second-order valence-electron chi connectivity index (χ2n) is 5.23. The zero-order chi connectivity index (χ0) is 17.4. The first-order valence-electron chi connectivity index (χ1n) is 7.29. The average Bonchev–Trinajstić information content (AvgIpc) is 2.55. The van der Waals surface area contributed by atoms with E-state index in [1.54, 1.807) is 31.3 Å². The van der Waals surface area contributed by atoms with Crippen molar-refractivity contribution >= 4 is 16.7 Å². The van der Waals surface area contributed by atoms with E-state index in [0.29, 0.717) is 23.5 Å². The summed E-state index contributed by atoms with van der Waals surface area (Å²) in [5, 5.41) is 21.6. The molecule has 3 aromatic rings. The molecule has 0 aromatic carbocycles. The van der Waals surface area contributed by atoms with Gasteiger partial charge in [0.05, 0.1) is 21.7 Å². The third-order valence-electron chi connectivity index (χ3n) is 3.79. The summed E-state index contributed by atoms with van der Waals surface area (Å²) in [6.45, 7) is 3.59. The molecule has 0 spiro atoms. The van der Waals surface area contributed by atoms with Crippen molar-refractivity contribution in [1.29, 1.82) is 0 Å². The summed E-state index contributed by atoms with van der Waals surface area (Å²) in [6, 6.07) is 6.45. The Labute approximate surface area is 136 Å². The molecule has 24 heavy (non-hydrogen) atoms. The fraction of sp³-hybridized carbons (Fsp3) is 0.188. The third kappa shape index (κ3) is 2.28. The van der Waals surface area contributed by atoms with Gasteiger partial charge in [0, 0.05) is 11.9 Å². The van der Waals surface area contributed by atoms with Crippen LogP contribution in [0.15, 0.2) is 35.3 Å². The number of rotatable bonds is 3. The van der Waals surface area contributed by atoms with E-state index in [9.17, 15) is 20.0 Å². The Morgan fingerprint density at radius 3 is 2.71 bits per heavy atom. The zero-order valence-corrected chi connectivity index (χ0v) is 13.1. The quantitative estimate of drug-likeness (QED) is 0.584. The Morgan fingerprint density at radius 1 is 1.33 bits per heavy atom. The van der Waals surface area contributed by atoms with Crippen LogP contribution in [0.25, 0.3) is 16.7 Å². The molecule has 8 nitrogen and oxygen atoms in total. The van der Waals surface area contributed by atoms with Gasteiger partial charge >= 0.3 is 11.2 Å². The van der Waals surface area contributed by atoms with E-state index in [-0.39, 0.29) is 11.0 Å². The summed E-state index contributed by atoms with van der Waals surface area (Å²) in [5.74, 6) is -0.673. The van der Waals surface area contributed by atoms with E-state index in [4.69, 9.17) is 0 Å². The number of aromatic hydroxyl groups is 1. The standard InChI is InChI=1S/C16H14N4O4/c1-3-10-6-7-11-14(21)13(20(23)24)16(22)19(15(11)18-10)12-5-4-8-17-9(12)2/h4-8,21H,3H2,1-2H3. The summed E-state index contributed by atoms with van der Waals surface area (Å²) in [6.07, 6.45) is 2.18. The molecule has 0 saturated carbocycles. The second-order valence-corrected chi connectivity index (χ2v) is 5.23. The highest BCUT2D eigenvalue weighted by atomic mass is 16.6. The molecule has 122 valence electrons. The maximum Gasteiger partial charge on any atom is 0.376 e. The fourth-order valence-corrected chi connectivity index (χ4v) is 2.57. The maximum absolute atomic E-state index is 12.7. The molecule has 3 heterocycles. The van der Waals surface area contributed by atoms with Crippen molar-refractivity contribution in [3.8, 4) is 11.4 Å². The first kappa shape index (κ1) is 15.6. The molecule has 3 aromatic heterocycles. The van der Waals surface area contributed by atoms with Gasteiger partial charge in [0.15, 0.2) is 5.65 Å². The number of nitrogens with zero attached hydrogens (tertiary/aromatic N) is 4. The summed E-state index contributed by atoms with van der Waals surface area (Å²) in [7, 11) is 0. The van der Waals surface area contributed by atoms with Crippen LogP contribution >= 0.6 is 0 Å². The Hall–Kier alpha value is -3.29. The van der Waals surface area contributed by atoms with Crippen molar-refractivity contribution in [2.24, 2.45) is 0 Å². The van der Waals surface area contributed by atoms with Crippen LogP contribution in [-0.4, -0.2) is 24.6 Å². The van der Waals surface area contributed by atoms with Crippen LogP contribution < -0.4 is 5.56 Å². The molecule has 0 aliphatic heterocycles. The van der Waals surface area contributed by atoms with Gasteiger partial charge in [-0.1, -0.05) is 6.92 Å².